The second-order valence-corrected chi connectivity index (χ2v) is 5.56. The second-order valence-electron chi connectivity index (χ2n) is 5.15. The summed E-state index contributed by atoms with van der Waals surface area (Å²) in [5.41, 5.74) is 1.53. The Morgan fingerprint density at radius 1 is 1.40 bits per heavy atom. The molecule has 0 aromatic heterocycles. The number of halogens is 1. The quantitative estimate of drug-likeness (QED) is 0.874. The van der Waals surface area contributed by atoms with Gasteiger partial charge in [0.15, 0.2) is 11.5 Å². The summed E-state index contributed by atoms with van der Waals surface area (Å²) in [4.78, 5) is 11.1. The highest BCUT2D eigenvalue weighted by atomic mass is 35.5. The number of methoxy groups -OCH3 is 2. The van der Waals surface area contributed by atoms with Crippen LogP contribution in [-0.4, -0.2) is 25.3 Å². The van der Waals surface area contributed by atoms with E-state index < -0.39 is 5.97 Å². The number of carbonyl (C=O) groups is 1. The van der Waals surface area contributed by atoms with Gasteiger partial charge in [-0.2, -0.15) is 0 Å². The number of aliphatic carboxylic acids is 1. The third-order valence-electron chi connectivity index (χ3n) is 3.95. The van der Waals surface area contributed by atoms with Crippen molar-refractivity contribution in [3.63, 3.8) is 0 Å². The van der Waals surface area contributed by atoms with Gasteiger partial charge in [-0.1, -0.05) is 18.5 Å². The first kappa shape index (κ1) is 15.0. The number of carboxylic acids is 1. The molecule has 0 bridgehead atoms. The van der Waals surface area contributed by atoms with E-state index >= 15 is 0 Å². The Bertz CT molecular complexity index is 535. The van der Waals surface area contributed by atoms with E-state index in [0.29, 0.717) is 16.5 Å². The van der Waals surface area contributed by atoms with Gasteiger partial charge < -0.3 is 14.6 Å². The Morgan fingerprint density at radius 2 is 2.05 bits per heavy atom. The van der Waals surface area contributed by atoms with Crippen molar-refractivity contribution in [3.05, 3.63) is 22.2 Å². The number of benzene rings is 1. The van der Waals surface area contributed by atoms with Crippen molar-refractivity contribution in [1.29, 1.82) is 0 Å². The van der Waals surface area contributed by atoms with E-state index in [1.54, 1.807) is 20.3 Å². The van der Waals surface area contributed by atoms with Crippen LogP contribution in [0.2, 0.25) is 5.02 Å². The number of ether oxygens (including phenoxy) is 2. The minimum atomic E-state index is -0.796. The molecule has 5 heteroatoms. The van der Waals surface area contributed by atoms with E-state index in [9.17, 15) is 4.79 Å². The van der Waals surface area contributed by atoms with E-state index in [1.807, 2.05) is 6.92 Å². The summed E-state index contributed by atoms with van der Waals surface area (Å²) < 4.78 is 10.8. The van der Waals surface area contributed by atoms with Gasteiger partial charge in [0.05, 0.1) is 20.6 Å². The molecular formula is C15H19ClO4. The first-order valence-corrected chi connectivity index (χ1v) is 7.02. The zero-order chi connectivity index (χ0) is 14.9. The molecule has 1 aromatic rings. The predicted octanol–water partition coefficient (Wildman–Crippen LogP) is 3.43. The number of carboxylic acid groups (broad SMARTS) is 1. The van der Waals surface area contributed by atoms with Gasteiger partial charge in [0.1, 0.15) is 0 Å². The third-order valence-corrected chi connectivity index (χ3v) is 4.25. The average Bonchev–Trinajstić information content (AvgIpc) is 3.16. The summed E-state index contributed by atoms with van der Waals surface area (Å²) in [6, 6.07) is 1.72. The number of hydrogen-bond acceptors (Lipinski definition) is 3. The van der Waals surface area contributed by atoms with Crippen LogP contribution in [-0.2, 0) is 16.6 Å². The van der Waals surface area contributed by atoms with Crippen LogP contribution in [0.3, 0.4) is 0 Å². The largest absolute Gasteiger partial charge is 0.493 e. The van der Waals surface area contributed by atoms with Gasteiger partial charge >= 0.3 is 5.97 Å². The minimum absolute atomic E-state index is 0.106. The van der Waals surface area contributed by atoms with Gasteiger partial charge in [0.2, 0.25) is 0 Å². The lowest BCUT2D eigenvalue weighted by atomic mass is 9.86. The van der Waals surface area contributed by atoms with Gasteiger partial charge in [0, 0.05) is 22.1 Å². The van der Waals surface area contributed by atoms with E-state index in [1.165, 1.54) is 0 Å². The molecule has 1 N–H and O–H groups in total. The molecule has 0 amide bonds. The van der Waals surface area contributed by atoms with Crippen molar-refractivity contribution < 1.29 is 19.4 Å². The molecule has 1 fully saturated rings. The fraction of sp³-hybridized carbons (Fsp3) is 0.533. The zero-order valence-corrected chi connectivity index (χ0v) is 12.7. The molecular weight excluding hydrogens is 280 g/mol. The maximum atomic E-state index is 11.1. The Morgan fingerprint density at radius 3 is 2.45 bits per heavy atom. The lowest BCUT2D eigenvalue weighted by Crippen LogP contribution is -2.16. The molecule has 1 aliphatic carbocycles. The highest BCUT2D eigenvalue weighted by Crippen LogP contribution is 2.56. The summed E-state index contributed by atoms with van der Waals surface area (Å²) >= 11 is 6.40. The SMILES string of the molecule is CCc1c(OC)c(OC)cc(Cl)c1C1(CC(=O)O)CC1. The van der Waals surface area contributed by atoms with Crippen molar-refractivity contribution in [2.75, 3.05) is 14.2 Å². The summed E-state index contributed by atoms with van der Waals surface area (Å²) in [5, 5.41) is 9.70. The van der Waals surface area contributed by atoms with Crippen LogP contribution >= 0.6 is 11.6 Å². The Kier molecular flexibility index (Phi) is 4.14. The Labute approximate surface area is 123 Å². The van der Waals surface area contributed by atoms with Crippen molar-refractivity contribution >= 4 is 17.6 Å². The standard InChI is InChI=1S/C15H19ClO4/c1-4-9-13(15(5-6-15)8-12(17)18)10(16)7-11(19-2)14(9)20-3/h7H,4-6,8H2,1-3H3,(H,17,18). The van der Waals surface area contributed by atoms with Crippen LogP contribution in [0.4, 0.5) is 0 Å². The molecule has 20 heavy (non-hydrogen) atoms. The van der Waals surface area contributed by atoms with Gasteiger partial charge in [-0.25, -0.2) is 0 Å². The van der Waals surface area contributed by atoms with Crippen LogP contribution in [0.15, 0.2) is 6.07 Å². The van der Waals surface area contributed by atoms with Gasteiger partial charge in [-0.3, -0.25) is 4.79 Å². The monoisotopic (exact) mass is 298 g/mol. The third kappa shape index (κ3) is 2.44. The predicted molar refractivity (Wildman–Crippen MR) is 77.1 cm³/mol. The average molecular weight is 299 g/mol. The normalized spacial score (nSPS) is 15.8. The topological polar surface area (TPSA) is 55.8 Å². The summed E-state index contributed by atoms with van der Waals surface area (Å²) in [7, 11) is 3.16. The van der Waals surface area contributed by atoms with Crippen molar-refractivity contribution in [3.8, 4) is 11.5 Å². The van der Waals surface area contributed by atoms with Gasteiger partial charge in [0.25, 0.3) is 0 Å². The van der Waals surface area contributed by atoms with E-state index in [0.717, 1.165) is 30.4 Å². The fourth-order valence-electron chi connectivity index (χ4n) is 2.90. The minimum Gasteiger partial charge on any atom is -0.493 e. The van der Waals surface area contributed by atoms with Crippen LogP contribution in [0.5, 0.6) is 11.5 Å². The smallest absolute Gasteiger partial charge is 0.304 e. The molecule has 0 heterocycles. The molecule has 0 unspecified atom stereocenters. The van der Waals surface area contributed by atoms with E-state index in [-0.39, 0.29) is 11.8 Å². The summed E-state index contributed by atoms with van der Waals surface area (Å²) in [6.07, 6.45) is 2.52. The maximum Gasteiger partial charge on any atom is 0.304 e. The molecule has 1 aliphatic rings. The first-order chi connectivity index (χ1) is 9.49. The van der Waals surface area contributed by atoms with Crippen molar-refractivity contribution in [1.82, 2.24) is 0 Å². The van der Waals surface area contributed by atoms with Crippen LogP contribution < -0.4 is 9.47 Å². The first-order valence-electron chi connectivity index (χ1n) is 6.64. The lowest BCUT2D eigenvalue weighted by molar-refractivity contribution is -0.137. The van der Waals surface area contributed by atoms with Crippen molar-refractivity contribution in [2.24, 2.45) is 0 Å². The Balaban J connectivity index is 2.61. The van der Waals surface area contributed by atoms with Crippen LogP contribution in [0, 0.1) is 0 Å². The van der Waals surface area contributed by atoms with Crippen molar-refractivity contribution in [2.45, 2.75) is 38.0 Å². The van der Waals surface area contributed by atoms with Gasteiger partial charge in [-0.05, 0) is 24.8 Å². The molecule has 0 radical (unpaired) electrons. The fourth-order valence-corrected chi connectivity index (χ4v) is 3.31. The summed E-state index contributed by atoms with van der Waals surface area (Å²) in [5.74, 6) is 0.450. The maximum absolute atomic E-state index is 11.1. The Hall–Kier alpha value is -1.42. The highest BCUT2D eigenvalue weighted by Gasteiger charge is 2.49. The van der Waals surface area contributed by atoms with E-state index in [4.69, 9.17) is 26.2 Å². The second kappa shape index (κ2) is 5.52. The summed E-state index contributed by atoms with van der Waals surface area (Å²) in [6.45, 7) is 2.01. The molecule has 110 valence electrons. The molecule has 0 spiro atoms. The molecule has 0 aliphatic heterocycles. The zero-order valence-electron chi connectivity index (χ0n) is 12.0. The number of rotatable bonds is 6. The number of hydrogen-bond donors (Lipinski definition) is 1. The van der Waals surface area contributed by atoms with Gasteiger partial charge in [-0.15, -0.1) is 0 Å². The molecule has 0 saturated heterocycles. The van der Waals surface area contributed by atoms with Crippen LogP contribution in [0.1, 0.15) is 37.3 Å². The van der Waals surface area contributed by atoms with Crippen LogP contribution in [0.25, 0.3) is 0 Å². The lowest BCUT2D eigenvalue weighted by Gasteiger charge is -2.23. The molecule has 0 atom stereocenters. The molecule has 2 rings (SSSR count). The molecule has 1 saturated carbocycles. The van der Waals surface area contributed by atoms with E-state index in [2.05, 4.69) is 0 Å². The molecule has 4 nitrogen and oxygen atoms in total. The highest BCUT2D eigenvalue weighted by molar-refractivity contribution is 6.32. The molecule has 1 aromatic carbocycles.